The van der Waals surface area contributed by atoms with Crippen LogP contribution < -0.4 is 10.6 Å². The molecule has 0 amide bonds. The van der Waals surface area contributed by atoms with Crippen molar-refractivity contribution in [1.82, 2.24) is 14.6 Å². The molecule has 0 saturated carbocycles. The number of benzene rings is 1. The summed E-state index contributed by atoms with van der Waals surface area (Å²) in [5.41, 5.74) is 0.855. The number of hydrogen-bond acceptors (Lipinski definition) is 6. The number of nitrogens with one attached hydrogen (secondary N) is 2. The van der Waals surface area contributed by atoms with Crippen molar-refractivity contribution >= 4 is 38.6 Å². The lowest BCUT2D eigenvalue weighted by Gasteiger charge is -2.26. The van der Waals surface area contributed by atoms with Crippen LogP contribution >= 0.6 is 22.9 Å². The van der Waals surface area contributed by atoms with Crippen LogP contribution in [0, 0.1) is 0 Å². The van der Waals surface area contributed by atoms with Gasteiger partial charge in [-0.3, -0.25) is 0 Å². The third-order valence-electron chi connectivity index (χ3n) is 3.56. The molecule has 1 saturated heterocycles. The number of thiazole rings is 1. The van der Waals surface area contributed by atoms with E-state index in [-0.39, 0.29) is 0 Å². The standard InChI is InChI=1S/C14H17ClN4O2S2/c15-14-18-10-12(22-14)9-17-11-1-3-13(4-2-11)23(20,21)19-7-5-16-6-8-19/h1-4,10,16-17H,5-9H2. The van der Waals surface area contributed by atoms with Gasteiger partial charge in [-0.15, -0.1) is 11.3 Å². The van der Waals surface area contributed by atoms with Crippen molar-refractivity contribution in [2.24, 2.45) is 0 Å². The summed E-state index contributed by atoms with van der Waals surface area (Å²) < 4.78 is 27.1. The van der Waals surface area contributed by atoms with Gasteiger partial charge in [-0.05, 0) is 24.3 Å². The number of aromatic nitrogens is 1. The Morgan fingerprint density at radius 2 is 1.96 bits per heavy atom. The molecule has 0 radical (unpaired) electrons. The number of anilines is 1. The van der Waals surface area contributed by atoms with Crippen LogP contribution in [0.5, 0.6) is 0 Å². The largest absolute Gasteiger partial charge is 0.380 e. The van der Waals surface area contributed by atoms with Gasteiger partial charge in [-0.1, -0.05) is 11.6 Å². The topological polar surface area (TPSA) is 74.3 Å². The molecule has 1 fully saturated rings. The van der Waals surface area contributed by atoms with Crippen LogP contribution in [0.4, 0.5) is 5.69 Å². The molecule has 6 nitrogen and oxygen atoms in total. The number of nitrogens with zero attached hydrogens (tertiary/aromatic N) is 2. The molecule has 0 aliphatic carbocycles. The first-order chi connectivity index (χ1) is 11.1. The van der Waals surface area contributed by atoms with Gasteiger partial charge in [0.1, 0.15) is 0 Å². The van der Waals surface area contributed by atoms with Crippen molar-refractivity contribution < 1.29 is 8.42 Å². The molecule has 3 rings (SSSR count). The Labute approximate surface area is 144 Å². The normalized spacial score (nSPS) is 16.4. The number of sulfonamides is 1. The smallest absolute Gasteiger partial charge is 0.243 e. The van der Waals surface area contributed by atoms with Gasteiger partial charge < -0.3 is 10.6 Å². The Morgan fingerprint density at radius 1 is 1.26 bits per heavy atom. The Hall–Kier alpha value is -1.19. The van der Waals surface area contributed by atoms with E-state index in [1.54, 1.807) is 30.5 Å². The fourth-order valence-electron chi connectivity index (χ4n) is 2.33. The molecule has 9 heteroatoms. The van der Waals surface area contributed by atoms with Crippen molar-refractivity contribution in [2.75, 3.05) is 31.5 Å². The van der Waals surface area contributed by atoms with Gasteiger partial charge in [0, 0.05) is 42.9 Å². The third-order valence-corrected chi connectivity index (χ3v) is 6.59. The number of piperazine rings is 1. The van der Waals surface area contributed by atoms with Crippen molar-refractivity contribution in [2.45, 2.75) is 11.4 Å². The summed E-state index contributed by atoms with van der Waals surface area (Å²) in [7, 11) is -3.40. The Bertz CT molecular complexity index is 755. The van der Waals surface area contributed by atoms with Crippen molar-refractivity contribution in [1.29, 1.82) is 0 Å². The second-order valence-corrected chi connectivity index (χ2v) is 8.75. The lowest BCUT2D eigenvalue weighted by Crippen LogP contribution is -2.46. The number of rotatable bonds is 5. The lowest BCUT2D eigenvalue weighted by atomic mass is 10.3. The zero-order valence-corrected chi connectivity index (χ0v) is 14.7. The molecule has 1 aromatic heterocycles. The minimum Gasteiger partial charge on any atom is -0.380 e. The third kappa shape index (κ3) is 4.02. The highest BCUT2D eigenvalue weighted by Crippen LogP contribution is 2.21. The van der Waals surface area contributed by atoms with Crippen LogP contribution in [0.2, 0.25) is 4.47 Å². The van der Waals surface area contributed by atoms with E-state index < -0.39 is 10.0 Å². The van der Waals surface area contributed by atoms with Crippen LogP contribution in [-0.4, -0.2) is 43.9 Å². The van der Waals surface area contributed by atoms with E-state index >= 15 is 0 Å². The summed E-state index contributed by atoms with van der Waals surface area (Å²) in [6.45, 7) is 3.00. The molecule has 2 N–H and O–H groups in total. The highest BCUT2D eigenvalue weighted by atomic mass is 35.5. The van der Waals surface area contributed by atoms with E-state index in [1.807, 2.05) is 0 Å². The van der Waals surface area contributed by atoms with Gasteiger partial charge in [0.2, 0.25) is 10.0 Å². The summed E-state index contributed by atoms with van der Waals surface area (Å²) >= 11 is 7.21. The minimum atomic E-state index is -3.40. The van der Waals surface area contributed by atoms with Crippen molar-refractivity contribution in [3.8, 4) is 0 Å². The van der Waals surface area contributed by atoms with Crippen molar-refractivity contribution in [3.63, 3.8) is 0 Å². The van der Waals surface area contributed by atoms with E-state index in [0.717, 1.165) is 10.6 Å². The first-order valence-corrected chi connectivity index (χ1v) is 9.84. The molecule has 23 heavy (non-hydrogen) atoms. The Morgan fingerprint density at radius 3 is 2.57 bits per heavy atom. The highest BCUT2D eigenvalue weighted by Gasteiger charge is 2.25. The summed E-state index contributed by atoms with van der Waals surface area (Å²) in [6.07, 6.45) is 1.73. The fraction of sp³-hybridized carbons (Fsp3) is 0.357. The second-order valence-electron chi connectivity index (χ2n) is 5.11. The lowest BCUT2D eigenvalue weighted by molar-refractivity contribution is 0.360. The maximum absolute atomic E-state index is 12.5. The first kappa shape index (κ1) is 16.7. The maximum atomic E-state index is 12.5. The minimum absolute atomic E-state index is 0.325. The predicted octanol–water partition coefficient (Wildman–Crippen LogP) is 2.00. The van der Waals surface area contributed by atoms with Crippen LogP contribution in [0.15, 0.2) is 35.4 Å². The average Bonchev–Trinajstić information content (AvgIpc) is 3.00. The van der Waals surface area contributed by atoms with E-state index in [4.69, 9.17) is 11.6 Å². The van der Waals surface area contributed by atoms with Gasteiger partial charge in [-0.25, -0.2) is 13.4 Å². The van der Waals surface area contributed by atoms with Crippen molar-refractivity contribution in [3.05, 3.63) is 39.8 Å². The summed E-state index contributed by atoms with van der Waals surface area (Å²) in [5, 5.41) is 6.38. The molecule has 0 atom stereocenters. The highest BCUT2D eigenvalue weighted by molar-refractivity contribution is 7.89. The molecule has 2 heterocycles. The van der Waals surface area contributed by atoms with Gasteiger partial charge in [0.25, 0.3) is 0 Å². The molecule has 1 aliphatic heterocycles. The molecule has 0 unspecified atom stereocenters. The fourth-order valence-corrected chi connectivity index (χ4v) is 4.69. The zero-order chi connectivity index (χ0) is 16.3. The summed E-state index contributed by atoms with van der Waals surface area (Å²) in [5.74, 6) is 0. The molecule has 2 aromatic rings. The van der Waals surface area contributed by atoms with Crippen LogP contribution in [0.25, 0.3) is 0 Å². The van der Waals surface area contributed by atoms with E-state index in [2.05, 4.69) is 15.6 Å². The SMILES string of the molecule is O=S(=O)(c1ccc(NCc2cnc(Cl)s2)cc1)N1CCNCC1. The van der Waals surface area contributed by atoms with E-state index in [0.29, 0.717) is 42.1 Å². The van der Waals surface area contributed by atoms with Crippen LogP contribution in [-0.2, 0) is 16.6 Å². The number of halogens is 1. The zero-order valence-electron chi connectivity index (χ0n) is 12.3. The average molecular weight is 373 g/mol. The molecule has 1 aliphatic rings. The predicted molar refractivity (Wildman–Crippen MR) is 92.5 cm³/mol. The van der Waals surface area contributed by atoms with Gasteiger partial charge >= 0.3 is 0 Å². The molecular formula is C14H17ClN4O2S2. The molecule has 0 bridgehead atoms. The monoisotopic (exact) mass is 372 g/mol. The molecule has 0 spiro atoms. The quantitative estimate of drug-likeness (QED) is 0.839. The first-order valence-electron chi connectivity index (χ1n) is 7.21. The molecule has 124 valence electrons. The van der Waals surface area contributed by atoms with Crippen LogP contribution in [0.3, 0.4) is 0 Å². The maximum Gasteiger partial charge on any atom is 0.243 e. The van der Waals surface area contributed by atoms with Gasteiger partial charge in [-0.2, -0.15) is 4.31 Å². The summed E-state index contributed by atoms with van der Waals surface area (Å²) in [6, 6.07) is 6.83. The number of hydrogen-bond donors (Lipinski definition) is 2. The Kier molecular flexibility index (Phi) is 5.17. The van der Waals surface area contributed by atoms with Gasteiger partial charge in [0.15, 0.2) is 4.47 Å². The second kappa shape index (κ2) is 7.14. The van der Waals surface area contributed by atoms with Gasteiger partial charge in [0.05, 0.1) is 11.4 Å². The Balaban J connectivity index is 1.66. The van der Waals surface area contributed by atoms with Crippen LogP contribution in [0.1, 0.15) is 4.88 Å². The van der Waals surface area contributed by atoms with E-state index in [9.17, 15) is 8.42 Å². The summed E-state index contributed by atoms with van der Waals surface area (Å²) in [4.78, 5) is 5.33. The molecular weight excluding hydrogens is 356 g/mol. The molecule has 1 aromatic carbocycles. The van der Waals surface area contributed by atoms with E-state index in [1.165, 1.54) is 15.6 Å².